The summed E-state index contributed by atoms with van der Waals surface area (Å²) in [5, 5.41) is 8.41. The number of rotatable bonds is 3. The fraction of sp³-hybridized carbons (Fsp3) is 0.312. The number of halogens is 1. The predicted molar refractivity (Wildman–Crippen MR) is 87.5 cm³/mol. The normalized spacial score (nSPS) is 18.6. The molecule has 1 atom stereocenters. The predicted octanol–water partition coefficient (Wildman–Crippen LogP) is 2.92. The Balaban J connectivity index is 1.66. The molecule has 0 radical (unpaired) electrons. The molecule has 4 nitrogen and oxygen atoms in total. The van der Waals surface area contributed by atoms with Gasteiger partial charge < -0.3 is 15.4 Å². The maximum absolute atomic E-state index is 12.0. The number of amides is 1. The third-order valence-corrected chi connectivity index (χ3v) is 4.00. The van der Waals surface area contributed by atoms with Crippen molar-refractivity contribution in [2.75, 3.05) is 25.0 Å². The Kier molecular flexibility index (Phi) is 4.53. The summed E-state index contributed by atoms with van der Waals surface area (Å²) in [7, 11) is 0. The minimum atomic E-state index is -0.0323. The van der Waals surface area contributed by atoms with Gasteiger partial charge in [-0.3, -0.25) is 4.79 Å². The van der Waals surface area contributed by atoms with E-state index in [9.17, 15) is 4.79 Å². The fourth-order valence-electron chi connectivity index (χ4n) is 2.46. The molecule has 0 aromatic heterocycles. The number of anilines is 1. The number of ether oxygens (including phenoxy) is 1. The Morgan fingerprint density at radius 3 is 2.90 bits per heavy atom. The largest absolute Gasteiger partial charge is 0.375 e. The van der Waals surface area contributed by atoms with Crippen LogP contribution >= 0.6 is 15.9 Å². The third kappa shape index (κ3) is 3.81. The first-order valence-electron chi connectivity index (χ1n) is 7.02. The summed E-state index contributed by atoms with van der Waals surface area (Å²) in [6, 6.07) is 12.0. The lowest BCUT2D eigenvalue weighted by Gasteiger charge is -2.23. The highest BCUT2D eigenvalue weighted by Gasteiger charge is 2.17. The van der Waals surface area contributed by atoms with Crippen molar-refractivity contribution in [1.82, 2.24) is 5.32 Å². The summed E-state index contributed by atoms with van der Waals surface area (Å²) in [6.45, 7) is 2.26. The molecule has 1 fully saturated rings. The Labute approximate surface area is 132 Å². The van der Waals surface area contributed by atoms with Crippen LogP contribution in [0.25, 0.3) is 10.8 Å². The van der Waals surface area contributed by atoms with Gasteiger partial charge in [0.1, 0.15) is 0 Å². The Morgan fingerprint density at radius 1 is 1.29 bits per heavy atom. The molecule has 0 saturated carbocycles. The zero-order chi connectivity index (χ0) is 14.7. The number of carbonyl (C=O) groups is 1. The average molecular weight is 349 g/mol. The van der Waals surface area contributed by atoms with Crippen LogP contribution in [0.3, 0.4) is 0 Å². The fourth-order valence-corrected chi connectivity index (χ4v) is 2.84. The molecular weight excluding hydrogens is 332 g/mol. The van der Waals surface area contributed by atoms with Crippen molar-refractivity contribution in [2.24, 2.45) is 0 Å². The van der Waals surface area contributed by atoms with Crippen LogP contribution in [-0.4, -0.2) is 31.7 Å². The van der Waals surface area contributed by atoms with Crippen LogP contribution in [0, 0.1) is 0 Å². The van der Waals surface area contributed by atoms with E-state index in [0.717, 1.165) is 34.0 Å². The highest BCUT2D eigenvalue weighted by Crippen LogP contribution is 2.23. The number of hydrogen-bond donors (Lipinski definition) is 2. The molecule has 110 valence electrons. The van der Waals surface area contributed by atoms with Crippen molar-refractivity contribution < 1.29 is 9.53 Å². The molecule has 2 aromatic carbocycles. The van der Waals surface area contributed by atoms with E-state index in [1.54, 1.807) is 0 Å². The Morgan fingerprint density at radius 2 is 2.10 bits per heavy atom. The first-order chi connectivity index (χ1) is 10.2. The maximum Gasteiger partial charge on any atom is 0.227 e. The van der Waals surface area contributed by atoms with Crippen molar-refractivity contribution in [2.45, 2.75) is 12.5 Å². The summed E-state index contributed by atoms with van der Waals surface area (Å²) in [5.41, 5.74) is 0.818. The average Bonchev–Trinajstić information content (AvgIpc) is 2.48. The van der Waals surface area contributed by atoms with Crippen molar-refractivity contribution in [3.8, 4) is 0 Å². The number of morpholine rings is 1. The molecule has 1 heterocycles. The molecule has 1 saturated heterocycles. The van der Waals surface area contributed by atoms with E-state index in [-0.39, 0.29) is 12.0 Å². The van der Waals surface area contributed by atoms with Gasteiger partial charge in [0.25, 0.3) is 0 Å². The Hall–Kier alpha value is -1.43. The quantitative estimate of drug-likeness (QED) is 0.896. The van der Waals surface area contributed by atoms with Crippen molar-refractivity contribution >= 4 is 38.3 Å². The molecule has 1 aliphatic rings. The van der Waals surface area contributed by atoms with Crippen molar-refractivity contribution in [3.05, 3.63) is 40.9 Å². The van der Waals surface area contributed by atoms with Gasteiger partial charge in [-0.15, -0.1) is 0 Å². The van der Waals surface area contributed by atoms with Gasteiger partial charge in [-0.1, -0.05) is 28.1 Å². The lowest BCUT2D eigenvalue weighted by Crippen LogP contribution is -2.40. The maximum atomic E-state index is 12.0. The van der Waals surface area contributed by atoms with Gasteiger partial charge in [0.2, 0.25) is 5.91 Å². The SMILES string of the molecule is O=C(CC1CNCCO1)Nc1ccc2cc(Br)ccc2c1. The first kappa shape index (κ1) is 14.5. The van der Waals surface area contributed by atoms with Crippen LogP contribution < -0.4 is 10.6 Å². The second kappa shape index (κ2) is 6.56. The molecule has 1 aliphatic heterocycles. The van der Waals surface area contributed by atoms with Gasteiger partial charge >= 0.3 is 0 Å². The number of carbonyl (C=O) groups excluding carboxylic acids is 1. The van der Waals surface area contributed by atoms with Gasteiger partial charge in [-0.05, 0) is 35.0 Å². The van der Waals surface area contributed by atoms with E-state index in [4.69, 9.17) is 4.74 Å². The van der Waals surface area contributed by atoms with Crippen LogP contribution in [0.15, 0.2) is 40.9 Å². The summed E-state index contributed by atoms with van der Waals surface area (Å²) in [6.07, 6.45) is 0.348. The summed E-state index contributed by atoms with van der Waals surface area (Å²) in [5.74, 6) is -0.0137. The number of fused-ring (bicyclic) bond motifs is 1. The number of nitrogens with one attached hydrogen (secondary N) is 2. The standard InChI is InChI=1S/C16H17BrN2O2/c17-13-3-1-12-8-14(4-2-11(12)7-13)19-16(20)9-15-10-18-5-6-21-15/h1-4,7-8,15,18H,5-6,9-10H2,(H,19,20). The van der Waals surface area contributed by atoms with Crippen LogP contribution in [0.2, 0.25) is 0 Å². The summed E-state index contributed by atoms with van der Waals surface area (Å²) >= 11 is 3.46. The molecule has 21 heavy (non-hydrogen) atoms. The lowest BCUT2D eigenvalue weighted by molar-refractivity contribution is -0.119. The highest BCUT2D eigenvalue weighted by molar-refractivity contribution is 9.10. The second-order valence-electron chi connectivity index (χ2n) is 5.16. The van der Waals surface area contributed by atoms with E-state index in [1.807, 2.05) is 30.3 Å². The van der Waals surface area contributed by atoms with Gasteiger partial charge in [-0.25, -0.2) is 0 Å². The topological polar surface area (TPSA) is 50.4 Å². The minimum Gasteiger partial charge on any atom is -0.375 e. The molecule has 0 aliphatic carbocycles. The summed E-state index contributed by atoms with van der Waals surface area (Å²) < 4.78 is 6.59. The summed E-state index contributed by atoms with van der Waals surface area (Å²) in [4.78, 5) is 12.0. The molecule has 3 rings (SSSR count). The molecule has 0 bridgehead atoms. The number of hydrogen-bond acceptors (Lipinski definition) is 3. The van der Waals surface area contributed by atoms with Crippen molar-refractivity contribution in [3.63, 3.8) is 0 Å². The number of benzene rings is 2. The first-order valence-corrected chi connectivity index (χ1v) is 7.81. The van der Waals surface area contributed by atoms with Crippen LogP contribution in [0.1, 0.15) is 6.42 Å². The molecule has 1 amide bonds. The van der Waals surface area contributed by atoms with E-state index < -0.39 is 0 Å². The van der Waals surface area contributed by atoms with Gasteiger partial charge in [0.15, 0.2) is 0 Å². The minimum absolute atomic E-state index is 0.0137. The molecule has 5 heteroatoms. The van der Waals surface area contributed by atoms with E-state index in [2.05, 4.69) is 32.6 Å². The smallest absolute Gasteiger partial charge is 0.227 e. The second-order valence-corrected chi connectivity index (χ2v) is 6.07. The van der Waals surface area contributed by atoms with E-state index in [1.165, 1.54) is 0 Å². The molecule has 2 aromatic rings. The monoisotopic (exact) mass is 348 g/mol. The van der Waals surface area contributed by atoms with Crippen molar-refractivity contribution in [1.29, 1.82) is 0 Å². The molecular formula is C16H17BrN2O2. The Bertz CT molecular complexity index is 654. The van der Waals surface area contributed by atoms with Crippen LogP contribution in [-0.2, 0) is 9.53 Å². The molecule has 0 spiro atoms. The third-order valence-electron chi connectivity index (χ3n) is 3.50. The van der Waals surface area contributed by atoms with E-state index >= 15 is 0 Å². The lowest BCUT2D eigenvalue weighted by atomic mass is 10.1. The van der Waals surface area contributed by atoms with E-state index in [0.29, 0.717) is 13.0 Å². The highest BCUT2D eigenvalue weighted by atomic mass is 79.9. The van der Waals surface area contributed by atoms with Crippen LogP contribution in [0.5, 0.6) is 0 Å². The van der Waals surface area contributed by atoms with Gasteiger partial charge in [-0.2, -0.15) is 0 Å². The van der Waals surface area contributed by atoms with Gasteiger partial charge in [0, 0.05) is 23.2 Å². The zero-order valence-electron chi connectivity index (χ0n) is 11.6. The van der Waals surface area contributed by atoms with Gasteiger partial charge in [0.05, 0.1) is 19.1 Å². The molecule has 2 N–H and O–H groups in total. The van der Waals surface area contributed by atoms with Crippen LogP contribution in [0.4, 0.5) is 5.69 Å². The zero-order valence-corrected chi connectivity index (χ0v) is 13.2. The molecule has 1 unspecified atom stereocenters.